The Labute approximate surface area is 128 Å². The number of aliphatic hydroxyl groups is 1. The van der Waals surface area contributed by atoms with Crippen molar-refractivity contribution in [3.63, 3.8) is 0 Å². The van der Waals surface area contributed by atoms with E-state index < -0.39 is 5.60 Å². The zero-order valence-electron chi connectivity index (χ0n) is 12.3. The summed E-state index contributed by atoms with van der Waals surface area (Å²) < 4.78 is 18.5. The molecule has 0 radical (unpaired) electrons. The zero-order valence-corrected chi connectivity index (χ0v) is 12.3. The van der Waals surface area contributed by atoms with E-state index in [1.807, 2.05) is 0 Å². The molecular formula is C16H20FN3O2. The molecule has 1 aliphatic heterocycles. The van der Waals surface area contributed by atoms with Gasteiger partial charge < -0.3 is 14.8 Å². The van der Waals surface area contributed by atoms with Gasteiger partial charge in [0.05, 0.1) is 6.54 Å². The number of nitrogens with zero attached hydrogens (tertiary/aromatic N) is 2. The van der Waals surface area contributed by atoms with Gasteiger partial charge in [-0.05, 0) is 43.7 Å². The van der Waals surface area contributed by atoms with Gasteiger partial charge in [-0.2, -0.15) is 0 Å². The fourth-order valence-electron chi connectivity index (χ4n) is 2.80. The molecular weight excluding hydrogens is 285 g/mol. The van der Waals surface area contributed by atoms with Gasteiger partial charge in [-0.3, -0.25) is 4.90 Å². The summed E-state index contributed by atoms with van der Waals surface area (Å²) in [5, 5.41) is 10.7. The third kappa shape index (κ3) is 3.84. The van der Waals surface area contributed by atoms with Crippen LogP contribution in [0, 0.1) is 5.82 Å². The largest absolute Gasteiger partial charge is 0.491 e. The van der Waals surface area contributed by atoms with Gasteiger partial charge in [-0.15, -0.1) is 0 Å². The van der Waals surface area contributed by atoms with Crippen molar-refractivity contribution >= 4 is 0 Å². The number of H-pyrrole nitrogens is 1. The molecule has 0 aliphatic carbocycles. The Morgan fingerprint density at radius 3 is 2.91 bits per heavy atom. The number of halogens is 1. The smallest absolute Gasteiger partial charge is 0.123 e. The molecule has 2 aromatic rings. The molecule has 0 bridgehead atoms. The van der Waals surface area contributed by atoms with Gasteiger partial charge in [-0.1, -0.05) is 0 Å². The second-order valence-electron chi connectivity index (χ2n) is 5.82. The first kappa shape index (κ1) is 15.0. The standard InChI is InChI=1S/C16H20FN3O2/c17-13-2-4-14(5-3-13)22-12-16(21)6-1-9-20(11-16)10-15-18-7-8-19-15/h2-5,7-8,21H,1,6,9-12H2,(H,18,19)/t16-/m1/s1. The summed E-state index contributed by atoms with van der Waals surface area (Å²) in [6.45, 7) is 2.35. The number of aromatic nitrogens is 2. The number of piperidine rings is 1. The highest BCUT2D eigenvalue weighted by atomic mass is 19.1. The third-order valence-corrected chi connectivity index (χ3v) is 3.88. The molecule has 1 atom stereocenters. The zero-order chi connectivity index (χ0) is 15.4. The van der Waals surface area contributed by atoms with Crippen LogP contribution in [0.3, 0.4) is 0 Å². The minimum Gasteiger partial charge on any atom is -0.491 e. The molecule has 1 fully saturated rings. The van der Waals surface area contributed by atoms with E-state index in [4.69, 9.17) is 4.74 Å². The normalized spacial score (nSPS) is 22.6. The number of imidazole rings is 1. The molecule has 22 heavy (non-hydrogen) atoms. The monoisotopic (exact) mass is 305 g/mol. The quantitative estimate of drug-likeness (QED) is 0.886. The van der Waals surface area contributed by atoms with E-state index in [0.717, 1.165) is 18.8 Å². The van der Waals surface area contributed by atoms with E-state index in [2.05, 4.69) is 14.9 Å². The summed E-state index contributed by atoms with van der Waals surface area (Å²) in [6.07, 6.45) is 5.12. The highest BCUT2D eigenvalue weighted by Gasteiger charge is 2.34. The number of benzene rings is 1. The maximum absolute atomic E-state index is 12.9. The van der Waals surface area contributed by atoms with Gasteiger partial charge in [0.2, 0.25) is 0 Å². The minimum atomic E-state index is -0.890. The van der Waals surface area contributed by atoms with E-state index in [1.54, 1.807) is 24.5 Å². The van der Waals surface area contributed by atoms with Crippen LogP contribution in [-0.4, -0.2) is 45.3 Å². The van der Waals surface area contributed by atoms with E-state index in [0.29, 0.717) is 25.3 Å². The number of nitrogens with one attached hydrogen (secondary N) is 1. The molecule has 0 spiro atoms. The van der Waals surface area contributed by atoms with E-state index >= 15 is 0 Å². The van der Waals surface area contributed by atoms with Crippen molar-refractivity contribution in [2.45, 2.75) is 25.0 Å². The molecule has 2 N–H and O–H groups in total. The van der Waals surface area contributed by atoms with Crippen molar-refractivity contribution < 1.29 is 14.2 Å². The van der Waals surface area contributed by atoms with Crippen molar-refractivity contribution in [1.82, 2.24) is 14.9 Å². The molecule has 5 nitrogen and oxygen atoms in total. The Hall–Kier alpha value is -1.92. The second-order valence-corrected chi connectivity index (χ2v) is 5.82. The number of hydrogen-bond donors (Lipinski definition) is 2. The van der Waals surface area contributed by atoms with Crippen LogP contribution in [0.15, 0.2) is 36.7 Å². The number of ether oxygens (including phenoxy) is 1. The van der Waals surface area contributed by atoms with E-state index in [9.17, 15) is 9.50 Å². The molecule has 1 aliphatic rings. The summed E-state index contributed by atoms with van der Waals surface area (Å²) in [7, 11) is 0. The molecule has 118 valence electrons. The molecule has 0 unspecified atom stereocenters. The van der Waals surface area contributed by atoms with Crippen LogP contribution >= 0.6 is 0 Å². The van der Waals surface area contributed by atoms with Crippen molar-refractivity contribution in [2.75, 3.05) is 19.7 Å². The van der Waals surface area contributed by atoms with Gasteiger partial charge in [0.15, 0.2) is 0 Å². The molecule has 1 aromatic heterocycles. The molecule has 2 heterocycles. The van der Waals surface area contributed by atoms with Gasteiger partial charge in [0.1, 0.15) is 29.6 Å². The first-order valence-electron chi connectivity index (χ1n) is 7.44. The Bertz CT molecular complexity index is 588. The Morgan fingerprint density at radius 1 is 1.36 bits per heavy atom. The summed E-state index contributed by atoms with van der Waals surface area (Å²) in [5.74, 6) is 1.16. The predicted octanol–water partition coefficient (Wildman–Crippen LogP) is 1.95. The van der Waals surface area contributed by atoms with Crippen molar-refractivity contribution in [3.8, 4) is 5.75 Å². The highest BCUT2D eigenvalue weighted by Crippen LogP contribution is 2.23. The Kier molecular flexibility index (Phi) is 4.40. The SMILES string of the molecule is O[C@]1(COc2ccc(F)cc2)CCCN(Cc2ncc[nH]2)C1. The van der Waals surface area contributed by atoms with Gasteiger partial charge >= 0.3 is 0 Å². The van der Waals surface area contributed by atoms with Crippen molar-refractivity contribution in [1.29, 1.82) is 0 Å². The summed E-state index contributed by atoms with van der Waals surface area (Å²) in [6, 6.07) is 5.84. The summed E-state index contributed by atoms with van der Waals surface area (Å²) in [4.78, 5) is 9.45. The molecule has 6 heteroatoms. The second kappa shape index (κ2) is 6.46. The molecule has 3 rings (SSSR count). The van der Waals surface area contributed by atoms with Crippen LogP contribution in [0.5, 0.6) is 5.75 Å². The maximum Gasteiger partial charge on any atom is 0.123 e. The molecule has 0 amide bonds. The average molecular weight is 305 g/mol. The molecule has 1 saturated heterocycles. The predicted molar refractivity (Wildman–Crippen MR) is 79.9 cm³/mol. The summed E-state index contributed by atoms with van der Waals surface area (Å²) in [5.41, 5.74) is -0.890. The van der Waals surface area contributed by atoms with Crippen LogP contribution in [0.1, 0.15) is 18.7 Å². The number of likely N-dealkylation sites (tertiary alicyclic amines) is 1. The van der Waals surface area contributed by atoms with Crippen LogP contribution in [0.2, 0.25) is 0 Å². The molecule has 1 aromatic carbocycles. The fourth-order valence-corrected chi connectivity index (χ4v) is 2.80. The topological polar surface area (TPSA) is 61.4 Å². The minimum absolute atomic E-state index is 0.202. The molecule has 0 saturated carbocycles. The lowest BCUT2D eigenvalue weighted by Gasteiger charge is -2.38. The van der Waals surface area contributed by atoms with E-state index in [1.165, 1.54) is 12.1 Å². The van der Waals surface area contributed by atoms with Gasteiger partial charge in [-0.25, -0.2) is 9.37 Å². The summed E-state index contributed by atoms with van der Waals surface area (Å²) >= 11 is 0. The third-order valence-electron chi connectivity index (χ3n) is 3.88. The van der Waals surface area contributed by atoms with Crippen LogP contribution in [-0.2, 0) is 6.54 Å². The van der Waals surface area contributed by atoms with Crippen LogP contribution < -0.4 is 4.74 Å². The van der Waals surface area contributed by atoms with E-state index in [-0.39, 0.29) is 12.4 Å². The number of β-amino-alcohol motifs (C(OH)–C–C–N with tert-alkyl or cyclic N) is 1. The number of rotatable bonds is 5. The van der Waals surface area contributed by atoms with Crippen LogP contribution in [0.25, 0.3) is 0 Å². The van der Waals surface area contributed by atoms with Crippen LogP contribution in [0.4, 0.5) is 4.39 Å². The first-order valence-corrected chi connectivity index (χ1v) is 7.44. The lowest BCUT2D eigenvalue weighted by molar-refractivity contribution is -0.0625. The number of aromatic amines is 1. The van der Waals surface area contributed by atoms with Crippen molar-refractivity contribution in [3.05, 3.63) is 48.3 Å². The maximum atomic E-state index is 12.9. The van der Waals surface area contributed by atoms with Gasteiger partial charge in [0.25, 0.3) is 0 Å². The number of hydrogen-bond acceptors (Lipinski definition) is 4. The first-order chi connectivity index (χ1) is 10.6. The fraction of sp³-hybridized carbons (Fsp3) is 0.438. The Morgan fingerprint density at radius 2 is 2.18 bits per heavy atom. The van der Waals surface area contributed by atoms with Crippen molar-refractivity contribution in [2.24, 2.45) is 0 Å². The highest BCUT2D eigenvalue weighted by molar-refractivity contribution is 5.22. The lowest BCUT2D eigenvalue weighted by Crippen LogP contribution is -2.51. The average Bonchev–Trinajstić information content (AvgIpc) is 3.00. The Balaban J connectivity index is 1.56. The van der Waals surface area contributed by atoms with Gasteiger partial charge in [0, 0.05) is 18.9 Å². The lowest BCUT2D eigenvalue weighted by atomic mass is 9.93.